The molecule has 164 valence electrons. The van der Waals surface area contributed by atoms with Gasteiger partial charge in [0, 0.05) is 34.6 Å². The predicted octanol–water partition coefficient (Wildman–Crippen LogP) is 4.83. The van der Waals surface area contributed by atoms with E-state index >= 15 is 0 Å². The molecule has 0 aliphatic heterocycles. The molecule has 7 nitrogen and oxygen atoms in total. The lowest BCUT2D eigenvalue weighted by atomic mass is 10.2. The summed E-state index contributed by atoms with van der Waals surface area (Å²) in [5.74, 6) is 1.26. The molecule has 0 aliphatic carbocycles. The fourth-order valence-corrected chi connectivity index (χ4v) is 3.73. The van der Waals surface area contributed by atoms with Gasteiger partial charge in [-0.1, -0.05) is 17.7 Å². The van der Waals surface area contributed by atoms with E-state index in [1.807, 2.05) is 35.8 Å². The molecule has 32 heavy (non-hydrogen) atoms. The van der Waals surface area contributed by atoms with E-state index in [1.165, 1.54) is 11.3 Å². The average Bonchev–Trinajstić information content (AvgIpc) is 3.46. The van der Waals surface area contributed by atoms with Crippen molar-refractivity contribution in [3.05, 3.63) is 88.1 Å². The van der Waals surface area contributed by atoms with E-state index in [0.717, 1.165) is 10.8 Å². The number of ether oxygens (including phenoxy) is 2. The lowest BCUT2D eigenvalue weighted by Crippen LogP contribution is -2.15. The van der Waals surface area contributed by atoms with Crippen molar-refractivity contribution in [1.82, 2.24) is 14.8 Å². The minimum Gasteiger partial charge on any atom is -0.492 e. The van der Waals surface area contributed by atoms with Crippen molar-refractivity contribution >= 4 is 34.5 Å². The molecule has 2 heterocycles. The first-order valence-corrected chi connectivity index (χ1v) is 11.2. The number of benzene rings is 2. The molecule has 0 fully saturated rings. The van der Waals surface area contributed by atoms with Gasteiger partial charge >= 0.3 is 0 Å². The van der Waals surface area contributed by atoms with Crippen LogP contribution in [-0.4, -0.2) is 27.3 Å². The Hall–Kier alpha value is -3.36. The lowest BCUT2D eigenvalue weighted by Gasteiger charge is -2.09. The van der Waals surface area contributed by atoms with Crippen LogP contribution in [0.3, 0.4) is 0 Å². The summed E-state index contributed by atoms with van der Waals surface area (Å²) < 4.78 is 13.2. The molecule has 0 aliphatic rings. The zero-order valence-electron chi connectivity index (χ0n) is 17.1. The van der Waals surface area contributed by atoms with Crippen molar-refractivity contribution in [2.75, 3.05) is 11.9 Å². The molecule has 9 heteroatoms. The van der Waals surface area contributed by atoms with Gasteiger partial charge in [0.05, 0.1) is 18.7 Å². The molecule has 4 aromatic rings. The molecule has 0 radical (unpaired) electrons. The summed E-state index contributed by atoms with van der Waals surface area (Å²) >= 11 is 7.34. The third-order valence-electron chi connectivity index (χ3n) is 4.38. The van der Waals surface area contributed by atoms with Crippen LogP contribution in [0.25, 0.3) is 0 Å². The molecular weight excluding hydrogens is 448 g/mol. The topological polar surface area (TPSA) is 78.3 Å². The molecule has 0 atom stereocenters. The molecular formula is C23H21ClN4O3S. The number of halogens is 1. The van der Waals surface area contributed by atoms with Gasteiger partial charge in [0.2, 0.25) is 5.91 Å². The van der Waals surface area contributed by atoms with Gasteiger partial charge in [-0.05, 0) is 42.5 Å². The highest BCUT2D eigenvalue weighted by molar-refractivity contribution is 7.09. The predicted molar refractivity (Wildman–Crippen MR) is 124 cm³/mol. The molecule has 1 amide bonds. The number of carbonyl (C=O) groups is 1. The molecule has 0 saturated carbocycles. The van der Waals surface area contributed by atoms with Crippen molar-refractivity contribution in [1.29, 1.82) is 0 Å². The minimum absolute atomic E-state index is 0.144. The maximum Gasteiger partial charge on any atom is 0.230 e. The van der Waals surface area contributed by atoms with Crippen LogP contribution in [0.15, 0.2) is 72.4 Å². The van der Waals surface area contributed by atoms with Crippen molar-refractivity contribution in [2.24, 2.45) is 0 Å². The van der Waals surface area contributed by atoms with Crippen LogP contribution < -0.4 is 14.8 Å². The molecule has 0 unspecified atom stereocenters. The van der Waals surface area contributed by atoms with Crippen molar-refractivity contribution < 1.29 is 14.3 Å². The van der Waals surface area contributed by atoms with E-state index < -0.39 is 0 Å². The van der Waals surface area contributed by atoms with Crippen molar-refractivity contribution in [2.45, 2.75) is 19.6 Å². The first kappa shape index (κ1) is 21.9. The second-order valence-electron chi connectivity index (χ2n) is 6.85. The van der Waals surface area contributed by atoms with Crippen LogP contribution in [0.5, 0.6) is 11.5 Å². The van der Waals surface area contributed by atoms with Gasteiger partial charge in [-0.25, -0.2) is 4.98 Å². The largest absolute Gasteiger partial charge is 0.492 e. The van der Waals surface area contributed by atoms with Gasteiger partial charge in [-0.15, -0.1) is 11.3 Å². The van der Waals surface area contributed by atoms with Gasteiger partial charge < -0.3 is 14.8 Å². The number of thiazole rings is 1. The lowest BCUT2D eigenvalue weighted by molar-refractivity contribution is -0.115. The number of nitrogens with zero attached hydrogens (tertiary/aromatic N) is 3. The normalized spacial score (nSPS) is 10.7. The molecule has 2 aromatic heterocycles. The quantitative estimate of drug-likeness (QED) is 0.360. The molecule has 2 aromatic carbocycles. The summed E-state index contributed by atoms with van der Waals surface area (Å²) in [4.78, 5) is 16.9. The number of rotatable bonds is 10. The van der Waals surface area contributed by atoms with E-state index in [9.17, 15) is 4.79 Å². The van der Waals surface area contributed by atoms with Crippen molar-refractivity contribution in [3.63, 3.8) is 0 Å². The Labute approximate surface area is 194 Å². The summed E-state index contributed by atoms with van der Waals surface area (Å²) in [6.07, 6.45) is 3.80. The molecule has 0 saturated heterocycles. The minimum atomic E-state index is -0.144. The molecule has 4 rings (SSSR count). The van der Waals surface area contributed by atoms with E-state index in [4.69, 9.17) is 21.1 Å². The van der Waals surface area contributed by atoms with E-state index in [2.05, 4.69) is 15.4 Å². The van der Waals surface area contributed by atoms with Crippen LogP contribution in [0.2, 0.25) is 5.02 Å². The monoisotopic (exact) mass is 468 g/mol. The number of nitrogens with one attached hydrogen (secondary N) is 1. The third-order valence-corrected chi connectivity index (χ3v) is 5.51. The number of carbonyl (C=O) groups excluding carboxylic acids is 1. The van der Waals surface area contributed by atoms with Crippen molar-refractivity contribution in [3.8, 4) is 11.5 Å². The maximum absolute atomic E-state index is 12.4. The highest BCUT2D eigenvalue weighted by Crippen LogP contribution is 2.20. The second kappa shape index (κ2) is 10.8. The first-order valence-electron chi connectivity index (χ1n) is 9.96. The van der Waals surface area contributed by atoms with Crippen LogP contribution in [0.1, 0.15) is 10.7 Å². The Morgan fingerprint density at radius 2 is 1.97 bits per heavy atom. The van der Waals surface area contributed by atoms with Crippen LogP contribution in [-0.2, 0) is 24.4 Å². The third kappa shape index (κ3) is 6.57. The highest BCUT2D eigenvalue weighted by Gasteiger charge is 2.09. The summed E-state index contributed by atoms with van der Waals surface area (Å²) in [5, 5.41) is 10.4. The highest BCUT2D eigenvalue weighted by atomic mass is 35.5. The number of hydrogen-bond donors (Lipinski definition) is 1. The Kier molecular flexibility index (Phi) is 7.37. The van der Waals surface area contributed by atoms with Crippen LogP contribution in [0, 0.1) is 0 Å². The molecule has 1 N–H and O–H groups in total. The van der Waals surface area contributed by atoms with Crippen LogP contribution >= 0.6 is 22.9 Å². The first-order chi connectivity index (χ1) is 15.6. The van der Waals surface area contributed by atoms with Gasteiger partial charge in [-0.2, -0.15) is 5.10 Å². The average molecular weight is 469 g/mol. The second-order valence-corrected chi connectivity index (χ2v) is 8.22. The van der Waals surface area contributed by atoms with E-state index in [0.29, 0.717) is 41.9 Å². The van der Waals surface area contributed by atoms with E-state index in [-0.39, 0.29) is 12.3 Å². The summed E-state index contributed by atoms with van der Waals surface area (Å²) in [5.41, 5.74) is 1.38. The maximum atomic E-state index is 12.4. The zero-order chi connectivity index (χ0) is 22.2. The smallest absolute Gasteiger partial charge is 0.230 e. The number of amides is 1. The fraction of sp³-hybridized carbons (Fsp3) is 0.174. The summed E-state index contributed by atoms with van der Waals surface area (Å²) in [7, 11) is 0. The van der Waals surface area contributed by atoms with Gasteiger partial charge in [-0.3, -0.25) is 9.48 Å². The van der Waals surface area contributed by atoms with E-state index in [1.54, 1.807) is 41.2 Å². The van der Waals surface area contributed by atoms with Crippen LogP contribution in [0.4, 0.5) is 5.69 Å². The Bertz CT molecular complexity index is 1150. The SMILES string of the molecule is O=C(Cc1csc(COc2ccc(Cl)cc2)n1)Nc1cccc(OCCn2cccn2)c1. The summed E-state index contributed by atoms with van der Waals surface area (Å²) in [6.45, 7) is 1.47. The Balaban J connectivity index is 1.24. The summed E-state index contributed by atoms with van der Waals surface area (Å²) in [6, 6.07) is 16.3. The number of anilines is 1. The zero-order valence-corrected chi connectivity index (χ0v) is 18.7. The van der Waals surface area contributed by atoms with Gasteiger partial charge in [0.1, 0.15) is 29.7 Å². The molecule has 0 spiro atoms. The number of hydrogen-bond acceptors (Lipinski definition) is 6. The van der Waals surface area contributed by atoms with Gasteiger partial charge in [0.15, 0.2) is 0 Å². The molecule has 0 bridgehead atoms. The number of aromatic nitrogens is 3. The van der Waals surface area contributed by atoms with Gasteiger partial charge in [0.25, 0.3) is 0 Å². The fourth-order valence-electron chi connectivity index (χ4n) is 2.90. The standard InChI is InChI=1S/C23H21ClN4O3S/c24-17-5-7-20(8-6-17)31-15-23-27-19(16-32-23)14-22(29)26-18-3-1-4-21(13-18)30-12-11-28-10-2-9-25-28/h1-10,13,16H,11-12,14-15H2,(H,26,29). The Morgan fingerprint density at radius 3 is 2.78 bits per heavy atom. The Morgan fingerprint density at radius 1 is 1.09 bits per heavy atom.